The number of pyridine rings is 1. The normalized spacial score (nSPS) is 11.2. The van der Waals surface area contributed by atoms with E-state index in [9.17, 15) is 4.79 Å². The first kappa shape index (κ1) is 17.6. The molecule has 23 heavy (non-hydrogen) atoms. The van der Waals surface area contributed by atoms with Crippen LogP contribution in [0.4, 0.5) is 0 Å². The van der Waals surface area contributed by atoms with Gasteiger partial charge in [-0.25, -0.2) is 9.78 Å². The van der Waals surface area contributed by atoms with Crippen molar-refractivity contribution in [3.63, 3.8) is 0 Å². The second-order valence-electron chi connectivity index (χ2n) is 5.87. The second kappa shape index (κ2) is 6.77. The molecule has 0 aliphatic carbocycles. The van der Waals surface area contributed by atoms with Crippen molar-refractivity contribution in [2.75, 3.05) is 7.11 Å². The quantitative estimate of drug-likeness (QED) is 0.726. The van der Waals surface area contributed by atoms with Crippen LogP contribution in [0.1, 0.15) is 31.3 Å². The number of benzene rings is 1. The van der Waals surface area contributed by atoms with Crippen LogP contribution in [-0.4, -0.2) is 23.7 Å². The molecule has 0 saturated heterocycles. The van der Waals surface area contributed by atoms with Crippen molar-refractivity contribution in [2.24, 2.45) is 0 Å². The Morgan fingerprint density at radius 2 is 1.78 bits per heavy atom. The highest BCUT2D eigenvalue weighted by Crippen LogP contribution is 2.32. The molecule has 1 heterocycles. The number of hydrogen-bond acceptors (Lipinski definition) is 4. The Balaban J connectivity index is 2.41. The van der Waals surface area contributed by atoms with Crippen LogP contribution < -0.4 is 4.74 Å². The topological polar surface area (TPSA) is 48.4 Å². The first-order valence-corrected chi connectivity index (χ1v) is 7.70. The Hall–Kier alpha value is -1.78. The van der Waals surface area contributed by atoms with Gasteiger partial charge in [-0.15, -0.1) is 0 Å². The summed E-state index contributed by atoms with van der Waals surface area (Å²) in [6.45, 7) is 5.87. The monoisotopic (exact) mass is 353 g/mol. The lowest BCUT2D eigenvalue weighted by Crippen LogP contribution is -2.22. The Morgan fingerprint density at radius 3 is 2.35 bits per heavy atom. The lowest BCUT2D eigenvalue weighted by molar-refractivity contribution is 0.0594. The van der Waals surface area contributed by atoms with Crippen molar-refractivity contribution in [3.8, 4) is 17.0 Å². The van der Waals surface area contributed by atoms with Crippen LogP contribution in [0.25, 0.3) is 11.3 Å². The summed E-state index contributed by atoms with van der Waals surface area (Å²) in [5.41, 5.74) is 0.941. The Morgan fingerprint density at radius 1 is 1.09 bits per heavy atom. The van der Waals surface area contributed by atoms with Gasteiger partial charge in [-0.2, -0.15) is 0 Å². The van der Waals surface area contributed by atoms with E-state index in [4.69, 9.17) is 27.9 Å². The second-order valence-corrected chi connectivity index (χ2v) is 6.69. The van der Waals surface area contributed by atoms with E-state index >= 15 is 0 Å². The summed E-state index contributed by atoms with van der Waals surface area (Å²) in [4.78, 5) is 15.9. The van der Waals surface area contributed by atoms with Gasteiger partial charge in [-0.1, -0.05) is 23.2 Å². The third-order valence-corrected chi connectivity index (χ3v) is 3.48. The number of hydrogen-bond donors (Lipinski definition) is 0. The van der Waals surface area contributed by atoms with Crippen LogP contribution >= 0.6 is 23.2 Å². The first-order valence-electron chi connectivity index (χ1n) is 6.95. The molecule has 0 fully saturated rings. The summed E-state index contributed by atoms with van der Waals surface area (Å²) < 4.78 is 10.4. The standard InChI is InChI=1S/C17H17Cl2NO3/c1-17(2,3)23-10-5-6-11(13(19)9-10)14-8-7-12(18)15(20-14)16(21)22-4/h5-9H,1-4H3. The van der Waals surface area contributed by atoms with Crippen molar-refractivity contribution in [3.05, 3.63) is 46.1 Å². The Labute approximate surface area is 145 Å². The minimum atomic E-state index is -0.597. The lowest BCUT2D eigenvalue weighted by Gasteiger charge is -2.21. The van der Waals surface area contributed by atoms with Crippen molar-refractivity contribution >= 4 is 29.2 Å². The molecule has 0 amide bonds. The number of halogens is 2. The molecule has 0 radical (unpaired) electrons. The van der Waals surface area contributed by atoms with Gasteiger partial charge < -0.3 is 9.47 Å². The van der Waals surface area contributed by atoms with Gasteiger partial charge in [0.15, 0.2) is 5.69 Å². The maximum absolute atomic E-state index is 11.7. The van der Waals surface area contributed by atoms with Crippen molar-refractivity contribution in [1.29, 1.82) is 0 Å². The van der Waals surface area contributed by atoms with Crippen molar-refractivity contribution < 1.29 is 14.3 Å². The Kier molecular flexibility index (Phi) is 5.17. The van der Waals surface area contributed by atoms with Gasteiger partial charge in [0.1, 0.15) is 11.4 Å². The van der Waals surface area contributed by atoms with Gasteiger partial charge in [0, 0.05) is 5.56 Å². The zero-order valence-corrected chi connectivity index (χ0v) is 14.8. The van der Waals surface area contributed by atoms with E-state index < -0.39 is 5.97 Å². The van der Waals surface area contributed by atoms with E-state index in [1.807, 2.05) is 20.8 Å². The van der Waals surface area contributed by atoms with Gasteiger partial charge in [0.2, 0.25) is 0 Å². The number of aromatic nitrogens is 1. The van der Waals surface area contributed by atoms with E-state index in [2.05, 4.69) is 9.72 Å². The van der Waals surface area contributed by atoms with Gasteiger partial charge in [-0.3, -0.25) is 0 Å². The molecule has 0 spiro atoms. The van der Waals surface area contributed by atoms with Crippen LogP contribution in [0.2, 0.25) is 10.0 Å². The molecule has 0 bridgehead atoms. The molecule has 0 saturated carbocycles. The van der Waals surface area contributed by atoms with Crippen LogP contribution in [0, 0.1) is 0 Å². The van der Waals surface area contributed by atoms with Crippen LogP contribution in [0.15, 0.2) is 30.3 Å². The fourth-order valence-corrected chi connectivity index (χ4v) is 2.40. The number of methoxy groups -OCH3 is 1. The van der Waals surface area contributed by atoms with Crippen LogP contribution in [0.5, 0.6) is 5.75 Å². The highest BCUT2D eigenvalue weighted by Gasteiger charge is 2.17. The molecular weight excluding hydrogens is 337 g/mol. The highest BCUT2D eigenvalue weighted by molar-refractivity contribution is 6.34. The summed E-state index contributed by atoms with van der Waals surface area (Å²) in [6, 6.07) is 8.60. The highest BCUT2D eigenvalue weighted by atomic mass is 35.5. The molecule has 0 unspecified atom stereocenters. The molecule has 1 aromatic carbocycles. The van der Waals surface area contributed by atoms with Gasteiger partial charge in [0.05, 0.1) is 22.8 Å². The largest absolute Gasteiger partial charge is 0.488 e. The fraction of sp³-hybridized carbons (Fsp3) is 0.294. The number of nitrogens with zero attached hydrogens (tertiary/aromatic N) is 1. The lowest BCUT2D eigenvalue weighted by atomic mass is 10.1. The van der Waals surface area contributed by atoms with E-state index in [1.165, 1.54) is 7.11 Å². The zero-order chi connectivity index (χ0) is 17.2. The van der Waals surface area contributed by atoms with Crippen LogP contribution in [-0.2, 0) is 4.74 Å². The average molecular weight is 354 g/mol. The van der Waals surface area contributed by atoms with Gasteiger partial charge in [0.25, 0.3) is 0 Å². The molecular formula is C17H17Cl2NO3. The van der Waals surface area contributed by atoms with Crippen molar-refractivity contribution in [1.82, 2.24) is 4.98 Å². The number of ether oxygens (including phenoxy) is 2. The third-order valence-electron chi connectivity index (χ3n) is 2.87. The average Bonchev–Trinajstić information content (AvgIpc) is 2.46. The summed E-state index contributed by atoms with van der Waals surface area (Å²) in [5.74, 6) is 0.0639. The molecule has 0 atom stereocenters. The van der Waals surface area contributed by atoms with Crippen molar-refractivity contribution in [2.45, 2.75) is 26.4 Å². The maximum atomic E-state index is 11.7. The van der Waals surface area contributed by atoms with E-state index in [0.717, 1.165) is 0 Å². The number of carbonyl (C=O) groups excluding carboxylic acids is 1. The van der Waals surface area contributed by atoms with E-state index in [0.29, 0.717) is 22.0 Å². The molecule has 0 aliphatic rings. The zero-order valence-electron chi connectivity index (χ0n) is 13.3. The molecule has 4 nitrogen and oxygen atoms in total. The fourth-order valence-electron chi connectivity index (χ4n) is 1.95. The van der Waals surface area contributed by atoms with Gasteiger partial charge >= 0.3 is 5.97 Å². The van der Waals surface area contributed by atoms with Gasteiger partial charge in [-0.05, 0) is 51.1 Å². The molecule has 0 aliphatic heterocycles. The smallest absolute Gasteiger partial charge is 0.358 e. The SMILES string of the molecule is COC(=O)c1nc(-c2ccc(OC(C)(C)C)cc2Cl)ccc1Cl. The van der Waals surface area contributed by atoms with Crippen LogP contribution in [0.3, 0.4) is 0 Å². The molecule has 1 aromatic heterocycles. The minimum Gasteiger partial charge on any atom is -0.488 e. The molecule has 2 rings (SSSR count). The Bertz CT molecular complexity index is 739. The summed E-state index contributed by atoms with van der Waals surface area (Å²) in [5, 5.41) is 0.696. The minimum absolute atomic E-state index is 0.0535. The number of carbonyl (C=O) groups is 1. The van der Waals surface area contributed by atoms with E-state index in [-0.39, 0.29) is 16.3 Å². The van der Waals surface area contributed by atoms with E-state index in [1.54, 1.807) is 30.3 Å². The predicted molar refractivity (Wildman–Crippen MR) is 91.4 cm³/mol. The number of rotatable bonds is 3. The molecule has 6 heteroatoms. The molecule has 0 N–H and O–H groups in total. The third kappa shape index (κ3) is 4.36. The maximum Gasteiger partial charge on any atom is 0.358 e. The summed E-state index contributed by atoms with van der Waals surface area (Å²) in [7, 11) is 1.28. The summed E-state index contributed by atoms with van der Waals surface area (Å²) in [6.07, 6.45) is 0. The first-order chi connectivity index (χ1) is 10.7. The summed E-state index contributed by atoms with van der Waals surface area (Å²) >= 11 is 12.3. The predicted octanol–water partition coefficient (Wildman–Crippen LogP) is 5.02. The molecule has 122 valence electrons. The molecule has 2 aromatic rings. The number of esters is 1.